The Morgan fingerprint density at radius 3 is 2.80 bits per heavy atom. The van der Waals surface area contributed by atoms with Crippen LogP contribution >= 0.6 is 0 Å². The molecule has 0 saturated carbocycles. The van der Waals surface area contributed by atoms with Crippen LogP contribution in [0.4, 0.5) is 0 Å². The van der Waals surface area contributed by atoms with E-state index < -0.39 is 6.04 Å². The molecule has 6 heteroatoms. The first kappa shape index (κ1) is 11.8. The van der Waals surface area contributed by atoms with Crippen LogP contribution < -0.4 is 16.4 Å². The Morgan fingerprint density at radius 1 is 1.40 bits per heavy atom. The van der Waals surface area contributed by atoms with E-state index in [4.69, 9.17) is 5.73 Å². The maximum Gasteiger partial charge on any atom is 0.220 e. The smallest absolute Gasteiger partial charge is 0.220 e. The van der Waals surface area contributed by atoms with Gasteiger partial charge in [-0.2, -0.15) is 0 Å². The summed E-state index contributed by atoms with van der Waals surface area (Å²) in [5.74, 6) is -0.478. The number of nitrogens with one attached hydrogen (secondary N) is 2. The molecule has 1 saturated heterocycles. The molecule has 1 aliphatic rings. The highest BCUT2D eigenvalue weighted by Gasteiger charge is 2.20. The van der Waals surface area contributed by atoms with Crippen molar-refractivity contribution in [3.8, 4) is 0 Å². The van der Waals surface area contributed by atoms with E-state index in [1.807, 2.05) is 0 Å². The molecule has 1 amide bonds. The van der Waals surface area contributed by atoms with Crippen molar-refractivity contribution < 1.29 is 14.4 Å². The lowest BCUT2D eigenvalue weighted by molar-refractivity contribution is -0.124. The van der Waals surface area contributed by atoms with Crippen molar-refractivity contribution in [1.29, 1.82) is 0 Å². The normalized spacial score (nSPS) is 23.7. The molecule has 1 rings (SSSR count). The van der Waals surface area contributed by atoms with E-state index in [0.717, 1.165) is 0 Å². The summed E-state index contributed by atoms with van der Waals surface area (Å²) in [6.45, 7) is 0.218. The average molecular weight is 213 g/mol. The van der Waals surface area contributed by atoms with Crippen molar-refractivity contribution in [2.24, 2.45) is 5.73 Å². The summed E-state index contributed by atoms with van der Waals surface area (Å²) in [5.41, 5.74) is 5.21. The molecule has 15 heavy (non-hydrogen) atoms. The number of rotatable bonds is 2. The van der Waals surface area contributed by atoms with Crippen LogP contribution in [0, 0.1) is 0 Å². The van der Waals surface area contributed by atoms with Crippen molar-refractivity contribution in [2.75, 3.05) is 19.6 Å². The Morgan fingerprint density at radius 2 is 2.13 bits per heavy atom. The summed E-state index contributed by atoms with van der Waals surface area (Å²) in [7, 11) is 0. The molecular weight excluding hydrogens is 198 g/mol. The molecule has 4 N–H and O–H groups in total. The van der Waals surface area contributed by atoms with Gasteiger partial charge in [-0.3, -0.25) is 19.7 Å². The molecule has 0 aliphatic carbocycles. The van der Waals surface area contributed by atoms with Gasteiger partial charge in [0.1, 0.15) is 5.78 Å². The largest absolute Gasteiger partial charge is 0.354 e. The molecular formula is C9H15N3O3. The van der Waals surface area contributed by atoms with Gasteiger partial charge in [0.15, 0.2) is 5.78 Å². The SMILES string of the molecule is NCC(=O)C1CNC(=O)CCC(=O)CN1. The van der Waals surface area contributed by atoms with E-state index in [-0.39, 0.29) is 49.9 Å². The zero-order chi connectivity index (χ0) is 11.3. The molecule has 0 aromatic carbocycles. The second-order valence-corrected chi connectivity index (χ2v) is 3.45. The Labute approximate surface area is 87.6 Å². The number of ketones is 2. The lowest BCUT2D eigenvalue weighted by Gasteiger charge is -2.15. The van der Waals surface area contributed by atoms with E-state index in [0.29, 0.717) is 0 Å². The number of amides is 1. The first-order valence-corrected chi connectivity index (χ1v) is 4.88. The molecule has 1 atom stereocenters. The summed E-state index contributed by atoms with van der Waals surface area (Å²) in [6.07, 6.45) is 0.395. The number of carbonyl (C=O) groups excluding carboxylic acids is 3. The highest BCUT2D eigenvalue weighted by atomic mass is 16.2. The summed E-state index contributed by atoms with van der Waals surface area (Å²) in [4.78, 5) is 33.7. The fourth-order valence-electron chi connectivity index (χ4n) is 1.32. The molecule has 1 fully saturated rings. The number of Topliss-reactive ketones (excluding diaryl/α,β-unsaturated/α-hetero) is 2. The molecule has 84 valence electrons. The number of nitrogens with two attached hydrogens (primary N) is 1. The highest BCUT2D eigenvalue weighted by Crippen LogP contribution is 1.95. The van der Waals surface area contributed by atoms with Crippen LogP contribution in [-0.2, 0) is 14.4 Å². The van der Waals surface area contributed by atoms with Crippen molar-refractivity contribution in [2.45, 2.75) is 18.9 Å². The highest BCUT2D eigenvalue weighted by molar-refractivity contribution is 5.90. The minimum Gasteiger partial charge on any atom is -0.354 e. The Balaban J connectivity index is 2.60. The van der Waals surface area contributed by atoms with Crippen molar-refractivity contribution in [3.63, 3.8) is 0 Å². The molecule has 1 aliphatic heterocycles. The number of hydrogen-bond donors (Lipinski definition) is 3. The van der Waals surface area contributed by atoms with Gasteiger partial charge in [-0.1, -0.05) is 0 Å². The van der Waals surface area contributed by atoms with Crippen LogP contribution in [-0.4, -0.2) is 43.1 Å². The molecule has 6 nitrogen and oxygen atoms in total. The first-order chi connectivity index (χ1) is 7.13. The zero-order valence-corrected chi connectivity index (χ0v) is 8.41. The summed E-state index contributed by atoms with van der Waals surface area (Å²) >= 11 is 0. The van der Waals surface area contributed by atoms with E-state index in [1.54, 1.807) is 0 Å². The Kier molecular flexibility index (Phi) is 4.38. The van der Waals surface area contributed by atoms with Gasteiger partial charge in [0.25, 0.3) is 0 Å². The van der Waals surface area contributed by atoms with Crippen LogP contribution in [0.25, 0.3) is 0 Å². The zero-order valence-electron chi connectivity index (χ0n) is 8.41. The predicted octanol–water partition coefficient (Wildman–Crippen LogP) is -2.05. The minimum atomic E-state index is -0.555. The molecule has 0 bridgehead atoms. The molecule has 1 unspecified atom stereocenters. The van der Waals surface area contributed by atoms with Gasteiger partial charge in [0.2, 0.25) is 5.91 Å². The third-order valence-electron chi connectivity index (χ3n) is 2.27. The van der Waals surface area contributed by atoms with Gasteiger partial charge in [-0.15, -0.1) is 0 Å². The molecule has 0 aromatic rings. The maximum absolute atomic E-state index is 11.3. The van der Waals surface area contributed by atoms with Gasteiger partial charge < -0.3 is 11.1 Å². The first-order valence-electron chi connectivity index (χ1n) is 4.88. The van der Waals surface area contributed by atoms with Crippen molar-refractivity contribution in [3.05, 3.63) is 0 Å². The minimum absolute atomic E-state index is 0.0677. The van der Waals surface area contributed by atoms with Crippen LogP contribution in [0.2, 0.25) is 0 Å². The van der Waals surface area contributed by atoms with E-state index in [2.05, 4.69) is 10.6 Å². The van der Waals surface area contributed by atoms with E-state index in [1.165, 1.54) is 0 Å². The Bertz CT molecular complexity index is 258. The van der Waals surface area contributed by atoms with Crippen LogP contribution in [0.5, 0.6) is 0 Å². The van der Waals surface area contributed by atoms with Crippen LogP contribution in [0.1, 0.15) is 12.8 Å². The van der Waals surface area contributed by atoms with Crippen LogP contribution in [0.15, 0.2) is 0 Å². The number of hydrogen-bond acceptors (Lipinski definition) is 5. The average Bonchev–Trinajstić information content (AvgIpc) is 2.31. The van der Waals surface area contributed by atoms with Gasteiger partial charge >= 0.3 is 0 Å². The van der Waals surface area contributed by atoms with Gasteiger partial charge in [-0.25, -0.2) is 0 Å². The fraction of sp³-hybridized carbons (Fsp3) is 0.667. The molecule has 0 aromatic heterocycles. The third kappa shape index (κ3) is 3.77. The quantitative estimate of drug-likeness (QED) is 0.490. The third-order valence-corrected chi connectivity index (χ3v) is 2.27. The standard InChI is InChI=1S/C9H15N3O3/c10-3-8(14)7-5-12-9(15)2-1-6(13)4-11-7/h7,11H,1-5,10H2,(H,12,15). The van der Waals surface area contributed by atoms with Gasteiger partial charge in [0, 0.05) is 19.4 Å². The lowest BCUT2D eigenvalue weighted by atomic mass is 10.2. The summed E-state index contributed by atoms with van der Waals surface area (Å²) < 4.78 is 0. The van der Waals surface area contributed by atoms with Crippen LogP contribution in [0.3, 0.4) is 0 Å². The van der Waals surface area contributed by atoms with Crippen molar-refractivity contribution >= 4 is 17.5 Å². The molecule has 1 heterocycles. The fourth-order valence-corrected chi connectivity index (χ4v) is 1.32. The van der Waals surface area contributed by atoms with E-state index in [9.17, 15) is 14.4 Å². The predicted molar refractivity (Wildman–Crippen MR) is 53.1 cm³/mol. The second-order valence-electron chi connectivity index (χ2n) is 3.45. The number of carbonyl (C=O) groups is 3. The lowest BCUT2D eigenvalue weighted by Crippen LogP contribution is -2.48. The maximum atomic E-state index is 11.3. The molecule has 0 spiro atoms. The monoisotopic (exact) mass is 213 g/mol. The van der Waals surface area contributed by atoms with Gasteiger partial charge in [0.05, 0.1) is 19.1 Å². The van der Waals surface area contributed by atoms with E-state index >= 15 is 0 Å². The molecule has 0 radical (unpaired) electrons. The topological polar surface area (TPSA) is 101 Å². The summed E-state index contributed by atoms with van der Waals surface area (Å²) in [6, 6.07) is -0.555. The summed E-state index contributed by atoms with van der Waals surface area (Å²) in [5, 5.41) is 5.37. The van der Waals surface area contributed by atoms with Crippen molar-refractivity contribution in [1.82, 2.24) is 10.6 Å². The Hall–Kier alpha value is -1.27. The van der Waals surface area contributed by atoms with Gasteiger partial charge in [-0.05, 0) is 0 Å². The second kappa shape index (κ2) is 5.57.